The van der Waals surface area contributed by atoms with E-state index >= 15 is 0 Å². The first-order chi connectivity index (χ1) is 10.2. The highest BCUT2D eigenvalue weighted by molar-refractivity contribution is 7.17. The Hall–Kier alpha value is -1.42. The minimum Gasteiger partial charge on any atom is -0.306 e. The third-order valence-corrected chi connectivity index (χ3v) is 4.80. The van der Waals surface area contributed by atoms with E-state index in [-0.39, 0.29) is 16.9 Å². The van der Waals surface area contributed by atoms with Crippen molar-refractivity contribution in [3.8, 4) is 0 Å². The lowest BCUT2D eigenvalue weighted by Gasteiger charge is -2.19. The molecule has 1 unspecified atom stereocenters. The van der Waals surface area contributed by atoms with E-state index in [9.17, 15) is 4.39 Å². The Balaban J connectivity index is 2.16. The number of hydrogen-bond donors (Lipinski definition) is 1. The summed E-state index contributed by atoms with van der Waals surface area (Å²) >= 11 is 7.61. The molecule has 3 rings (SSSR count). The summed E-state index contributed by atoms with van der Waals surface area (Å²) in [4.78, 5) is 0. The minimum atomic E-state index is -0.347. The van der Waals surface area contributed by atoms with Crippen molar-refractivity contribution in [2.75, 3.05) is 6.54 Å². The molecular weight excluding hydrogens is 305 g/mol. The van der Waals surface area contributed by atoms with Crippen LogP contribution in [0.1, 0.15) is 24.1 Å². The van der Waals surface area contributed by atoms with Crippen molar-refractivity contribution < 1.29 is 4.39 Å². The Bertz CT molecular complexity index is 768. The molecule has 0 amide bonds. The molecule has 0 aliphatic rings. The third kappa shape index (κ3) is 2.69. The predicted octanol–water partition coefficient (Wildman–Crippen LogP) is 5.39. The topological polar surface area (TPSA) is 12.0 Å². The van der Waals surface area contributed by atoms with Crippen molar-refractivity contribution in [1.82, 2.24) is 5.32 Å². The number of thiophene rings is 1. The van der Waals surface area contributed by atoms with E-state index in [2.05, 4.69) is 22.8 Å². The maximum absolute atomic E-state index is 14.4. The molecule has 0 saturated heterocycles. The van der Waals surface area contributed by atoms with E-state index in [0.29, 0.717) is 5.56 Å². The van der Waals surface area contributed by atoms with Gasteiger partial charge in [-0.05, 0) is 35.0 Å². The molecule has 0 spiro atoms. The zero-order valence-corrected chi connectivity index (χ0v) is 13.1. The standard InChI is InChI=1S/C17H15ClFNS/c1-2-20-17(12-7-5-8-14(18)16(12)19)13-10-21-15-9-4-3-6-11(13)15/h3-10,17,20H,2H2,1H3. The zero-order chi connectivity index (χ0) is 14.8. The number of halogens is 2. The fourth-order valence-corrected chi connectivity index (χ4v) is 3.73. The Kier molecular flexibility index (Phi) is 4.24. The average Bonchev–Trinajstić information content (AvgIpc) is 2.92. The molecule has 1 heterocycles. The van der Waals surface area contributed by atoms with Crippen molar-refractivity contribution in [2.45, 2.75) is 13.0 Å². The molecule has 21 heavy (non-hydrogen) atoms. The molecular formula is C17H15ClFNS. The van der Waals surface area contributed by atoms with E-state index in [0.717, 1.165) is 17.5 Å². The van der Waals surface area contributed by atoms with Gasteiger partial charge in [0.2, 0.25) is 0 Å². The maximum atomic E-state index is 14.4. The molecule has 0 aliphatic carbocycles. The lowest BCUT2D eigenvalue weighted by molar-refractivity contribution is 0.561. The first-order valence-corrected chi connectivity index (χ1v) is 8.11. The smallest absolute Gasteiger partial charge is 0.146 e. The quantitative estimate of drug-likeness (QED) is 0.679. The first kappa shape index (κ1) is 14.5. The van der Waals surface area contributed by atoms with Crippen molar-refractivity contribution >= 4 is 33.0 Å². The third-order valence-electron chi connectivity index (χ3n) is 3.52. The van der Waals surface area contributed by atoms with E-state index < -0.39 is 0 Å². The molecule has 4 heteroatoms. The van der Waals surface area contributed by atoms with Gasteiger partial charge in [-0.3, -0.25) is 0 Å². The van der Waals surface area contributed by atoms with Crippen LogP contribution < -0.4 is 5.32 Å². The highest BCUT2D eigenvalue weighted by Crippen LogP contribution is 2.35. The number of fused-ring (bicyclic) bond motifs is 1. The van der Waals surface area contributed by atoms with Gasteiger partial charge in [0.25, 0.3) is 0 Å². The zero-order valence-electron chi connectivity index (χ0n) is 11.6. The van der Waals surface area contributed by atoms with Crippen molar-refractivity contribution in [1.29, 1.82) is 0 Å². The molecule has 0 radical (unpaired) electrons. The molecule has 0 aliphatic heterocycles. The molecule has 108 valence electrons. The highest BCUT2D eigenvalue weighted by atomic mass is 35.5. The van der Waals surface area contributed by atoms with Crippen LogP contribution in [0, 0.1) is 5.82 Å². The number of benzene rings is 2. The second-order valence-electron chi connectivity index (χ2n) is 4.82. The van der Waals surface area contributed by atoms with Gasteiger partial charge in [0.1, 0.15) is 5.82 Å². The van der Waals surface area contributed by atoms with E-state index in [1.54, 1.807) is 29.5 Å². The summed E-state index contributed by atoms with van der Waals surface area (Å²) in [7, 11) is 0. The predicted molar refractivity (Wildman–Crippen MR) is 88.8 cm³/mol. The van der Waals surface area contributed by atoms with Crippen molar-refractivity contribution in [3.05, 3.63) is 69.8 Å². The fourth-order valence-electron chi connectivity index (χ4n) is 2.56. The molecule has 1 aromatic heterocycles. The van der Waals surface area contributed by atoms with Crippen molar-refractivity contribution in [3.63, 3.8) is 0 Å². The Labute approximate surface area is 132 Å². The van der Waals surface area contributed by atoms with Gasteiger partial charge in [-0.15, -0.1) is 11.3 Å². The van der Waals surface area contributed by atoms with Crippen LogP contribution in [-0.2, 0) is 0 Å². The Morgan fingerprint density at radius 3 is 2.76 bits per heavy atom. The molecule has 1 N–H and O–H groups in total. The van der Waals surface area contributed by atoms with Crippen LogP contribution in [0.2, 0.25) is 5.02 Å². The van der Waals surface area contributed by atoms with Gasteiger partial charge in [0.05, 0.1) is 11.1 Å². The molecule has 1 atom stereocenters. The molecule has 0 saturated carbocycles. The minimum absolute atomic E-state index is 0.162. The van der Waals surface area contributed by atoms with Crippen molar-refractivity contribution in [2.24, 2.45) is 0 Å². The van der Waals surface area contributed by atoms with Gasteiger partial charge in [-0.2, -0.15) is 0 Å². The van der Waals surface area contributed by atoms with Gasteiger partial charge in [-0.1, -0.05) is 48.9 Å². The fraction of sp³-hybridized carbons (Fsp3) is 0.176. The van der Waals surface area contributed by atoms with E-state index in [4.69, 9.17) is 11.6 Å². The lowest BCUT2D eigenvalue weighted by atomic mass is 9.97. The SMILES string of the molecule is CCNC(c1cccc(Cl)c1F)c1csc2ccccc12. The summed E-state index contributed by atoms with van der Waals surface area (Å²) in [6, 6.07) is 13.2. The van der Waals surface area contributed by atoms with Crippen LogP contribution >= 0.6 is 22.9 Å². The summed E-state index contributed by atoms with van der Waals surface area (Å²) in [5.41, 5.74) is 1.69. The van der Waals surface area contributed by atoms with Crippen LogP contribution in [-0.4, -0.2) is 6.54 Å². The lowest BCUT2D eigenvalue weighted by Crippen LogP contribution is -2.22. The van der Waals surface area contributed by atoms with Gasteiger partial charge in [0, 0.05) is 10.3 Å². The summed E-state index contributed by atoms with van der Waals surface area (Å²) in [6.07, 6.45) is 0. The number of rotatable bonds is 4. The molecule has 0 fully saturated rings. The van der Waals surface area contributed by atoms with Crippen LogP contribution in [0.4, 0.5) is 4.39 Å². The summed E-state index contributed by atoms with van der Waals surface area (Å²) in [5.74, 6) is -0.347. The Morgan fingerprint density at radius 1 is 1.14 bits per heavy atom. The molecule has 0 bridgehead atoms. The van der Waals surface area contributed by atoms with Crippen LogP contribution in [0.3, 0.4) is 0 Å². The maximum Gasteiger partial charge on any atom is 0.146 e. The second kappa shape index (κ2) is 6.14. The van der Waals surface area contributed by atoms with Crippen LogP contribution in [0.25, 0.3) is 10.1 Å². The summed E-state index contributed by atoms with van der Waals surface area (Å²) in [5, 5.41) is 6.79. The summed E-state index contributed by atoms with van der Waals surface area (Å²) < 4.78 is 15.6. The molecule has 1 nitrogen and oxygen atoms in total. The van der Waals surface area contributed by atoms with Gasteiger partial charge in [-0.25, -0.2) is 4.39 Å². The first-order valence-electron chi connectivity index (χ1n) is 6.85. The molecule has 3 aromatic rings. The largest absolute Gasteiger partial charge is 0.306 e. The molecule has 2 aromatic carbocycles. The van der Waals surface area contributed by atoms with Gasteiger partial charge in [0.15, 0.2) is 0 Å². The Morgan fingerprint density at radius 2 is 1.95 bits per heavy atom. The van der Waals surface area contributed by atoms with E-state index in [1.807, 2.05) is 19.1 Å². The summed E-state index contributed by atoms with van der Waals surface area (Å²) in [6.45, 7) is 2.77. The number of hydrogen-bond acceptors (Lipinski definition) is 2. The van der Waals surface area contributed by atoms with Crippen LogP contribution in [0.15, 0.2) is 47.8 Å². The van der Waals surface area contributed by atoms with Crippen LogP contribution in [0.5, 0.6) is 0 Å². The average molecular weight is 320 g/mol. The van der Waals surface area contributed by atoms with E-state index in [1.165, 1.54) is 4.70 Å². The monoisotopic (exact) mass is 319 g/mol. The highest BCUT2D eigenvalue weighted by Gasteiger charge is 2.21. The van der Waals surface area contributed by atoms with Gasteiger partial charge < -0.3 is 5.32 Å². The normalized spacial score (nSPS) is 12.7. The second-order valence-corrected chi connectivity index (χ2v) is 6.14. The number of nitrogens with one attached hydrogen (secondary N) is 1. The van der Waals surface area contributed by atoms with Gasteiger partial charge >= 0.3 is 0 Å².